The number of rotatable bonds is 8. The maximum atomic E-state index is 13.7. The van der Waals surface area contributed by atoms with Crippen LogP contribution in [0.4, 0.5) is 10.5 Å². The SMILES string of the molecule is Cc1noc(C)c1S(=O)(=O)Nc1ccc2c(c1)C(=O)N([C@H](C)CO)C[C@@H](C)[C@H](CN(C)C(=O)NC1CCCCC1)O2. The molecule has 0 spiro atoms. The molecule has 2 aliphatic rings. The third kappa shape index (κ3) is 6.95. The van der Waals surface area contributed by atoms with Gasteiger partial charge in [-0.2, -0.15) is 0 Å². The Morgan fingerprint density at radius 1 is 1.24 bits per heavy atom. The first-order chi connectivity index (χ1) is 19.4. The predicted octanol–water partition coefficient (Wildman–Crippen LogP) is 3.29. The number of sulfonamides is 1. The van der Waals surface area contributed by atoms with E-state index in [1.165, 1.54) is 32.4 Å². The summed E-state index contributed by atoms with van der Waals surface area (Å²) in [6, 6.07) is 4.00. The van der Waals surface area contributed by atoms with E-state index in [1.54, 1.807) is 29.8 Å². The molecule has 2 aromatic rings. The molecule has 12 nitrogen and oxygen atoms in total. The van der Waals surface area contributed by atoms with Crippen LogP contribution in [0.1, 0.15) is 67.8 Å². The highest BCUT2D eigenvalue weighted by molar-refractivity contribution is 7.92. The van der Waals surface area contributed by atoms with E-state index in [-0.39, 0.29) is 71.0 Å². The standard InChI is InChI=1S/C28H41N5O7S/c1-17-14-33(18(2)16-34)27(35)23-13-22(31-41(37,38)26-19(3)30-40-20(26)4)11-12-24(23)39-25(17)15-32(5)28(36)29-21-9-7-6-8-10-21/h11-13,17-18,21,25,31,34H,6-10,14-16H2,1-5H3,(H,29,36)/t17-,18-,25+/m1/s1. The Hall–Kier alpha value is -3.32. The molecule has 1 aromatic carbocycles. The van der Waals surface area contributed by atoms with Gasteiger partial charge in [-0.1, -0.05) is 31.3 Å². The van der Waals surface area contributed by atoms with Crippen molar-refractivity contribution in [1.82, 2.24) is 20.3 Å². The van der Waals surface area contributed by atoms with Gasteiger partial charge in [0.1, 0.15) is 17.5 Å². The van der Waals surface area contributed by atoms with Crippen LogP contribution in [0.25, 0.3) is 0 Å². The number of aliphatic hydroxyl groups excluding tert-OH is 1. The minimum Gasteiger partial charge on any atom is -0.487 e. The zero-order valence-corrected chi connectivity index (χ0v) is 25.2. The number of nitrogens with zero attached hydrogens (tertiary/aromatic N) is 3. The first-order valence-corrected chi connectivity index (χ1v) is 15.6. The van der Waals surface area contributed by atoms with Crippen LogP contribution < -0.4 is 14.8 Å². The van der Waals surface area contributed by atoms with Crippen molar-refractivity contribution in [2.75, 3.05) is 31.5 Å². The second kappa shape index (κ2) is 12.7. The van der Waals surface area contributed by atoms with E-state index in [4.69, 9.17) is 9.26 Å². The van der Waals surface area contributed by atoms with Gasteiger partial charge in [-0.25, -0.2) is 13.2 Å². The Balaban J connectivity index is 1.60. The second-order valence-corrected chi connectivity index (χ2v) is 12.9. The van der Waals surface area contributed by atoms with Gasteiger partial charge in [0.15, 0.2) is 10.7 Å². The molecule has 226 valence electrons. The Bertz CT molecular complexity index is 1340. The average Bonchev–Trinajstić information content (AvgIpc) is 3.29. The van der Waals surface area contributed by atoms with E-state index >= 15 is 0 Å². The van der Waals surface area contributed by atoms with Crippen molar-refractivity contribution >= 4 is 27.6 Å². The number of carbonyl (C=O) groups excluding carboxylic acids is 2. The summed E-state index contributed by atoms with van der Waals surface area (Å²) in [6.45, 7) is 7.03. The Labute approximate surface area is 241 Å². The van der Waals surface area contributed by atoms with Crippen LogP contribution in [0.5, 0.6) is 5.75 Å². The molecule has 1 fully saturated rings. The number of hydrogen-bond donors (Lipinski definition) is 3. The van der Waals surface area contributed by atoms with Gasteiger partial charge in [0.2, 0.25) is 0 Å². The number of fused-ring (bicyclic) bond motifs is 1. The molecule has 0 bridgehead atoms. The van der Waals surface area contributed by atoms with Crippen LogP contribution >= 0.6 is 0 Å². The van der Waals surface area contributed by atoms with Gasteiger partial charge in [0.25, 0.3) is 15.9 Å². The van der Waals surface area contributed by atoms with Crippen molar-refractivity contribution in [2.45, 2.75) is 82.9 Å². The highest BCUT2D eigenvalue weighted by Crippen LogP contribution is 2.32. The lowest BCUT2D eigenvalue weighted by Gasteiger charge is -2.38. The average molecular weight is 592 g/mol. The zero-order chi connectivity index (χ0) is 29.9. The fourth-order valence-electron chi connectivity index (χ4n) is 5.45. The summed E-state index contributed by atoms with van der Waals surface area (Å²) in [5, 5.41) is 16.8. The number of benzene rings is 1. The summed E-state index contributed by atoms with van der Waals surface area (Å²) in [5.41, 5.74) is 0.527. The normalized spacial score (nSPS) is 20.8. The third-order valence-electron chi connectivity index (χ3n) is 7.89. The summed E-state index contributed by atoms with van der Waals surface area (Å²) in [7, 11) is -2.32. The minimum absolute atomic E-state index is 0.0641. The third-order valence-corrected chi connectivity index (χ3v) is 9.51. The van der Waals surface area contributed by atoms with Crippen molar-refractivity contribution in [3.8, 4) is 5.75 Å². The molecule has 3 atom stereocenters. The van der Waals surface area contributed by atoms with E-state index in [0.717, 1.165) is 25.7 Å². The van der Waals surface area contributed by atoms with Gasteiger partial charge in [0.05, 0.1) is 24.8 Å². The molecule has 41 heavy (non-hydrogen) atoms. The van der Waals surface area contributed by atoms with Crippen molar-refractivity contribution in [2.24, 2.45) is 5.92 Å². The van der Waals surface area contributed by atoms with E-state index in [0.29, 0.717) is 0 Å². The summed E-state index contributed by atoms with van der Waals surface area (Å²) >= 11 is 0. The van der Waals surface area contributed by atoms with Crippen molar-refractivity contribution in [1.29, 1.82) is 0 Å². The van der Waals surface area contributed by atoms with Crippen molar-refractivity contribution < 1.29 is 32.4 Å². The lowest BCUT2D eigenvalue weighted by atomic mass is 9.96. The maximum absolute atomic E-state index is 13.7. The van der Waals surface area contributed by atoms with Crippen LogP contribution in [0.15, 0.2) is 27.6 Å². The maximum Gasteiger partial charge on any atom is 0.317 e. The second-order valence-electron chi connectivity index (χ2n) is 11.3. The number of anilines is 1. The smallest absolute Gasteiger partial charge is 0.317 e. The summed E-state index contributed by atoms with van der Waals surface area (Å²) in [5.74, 6) is -0.155. The molecular formula is C28H41N5O7S. The van der Waals surface area contributed by atoms with Gasteiger partial charge in [0, 0.05) is 31.2 Å². The Morgan fingerprint density at radius 3 is 2.59 bits per heavy atom. The first-order valence-electron chi connectivity index (χ1n) is 14.1. The molecule has 1 aliphatic heterocycles. The lowest BCUT2D eigenvalue weighted by Crippen LogP contribution is -2.52. The number of urea groups is 1. The molecule has 1 aliphatic carbocycles. The van der Waals surface area contributed by atoms with E-state index in [1.807, 2.05) is 6.92 Å². The minimum atomic E-state index is -4.05. The number of likely N-dealkylation sites (N-methyl/N-ethyl adjacent to an activating group) is 1. The number of aryl methyl sites for hydroxylation is 2. The molecule has 3 amide bonds. The van der Waals surface area contributed by atoms with Gasteiger partial charge in [-0.05, 0) is 51.8 Å². The van der Waals surface area contributed by atoms with Crippen molar-refractivity contribution in [3.05, 3.63) is 35.2 Å². The largest absolute Gasteiger partial charge is 0.487 e. The number of hydrogen-bond acceptors (Lipinski definition) is 8. The zero-order valence-electron chi connectivity index (χ0n) is 24.3. The van der Waals surface area contributed by atoms with Crippen LogP contribution in [0.2, 0.25) is 0 Å². The molecule has 0 saturated heterocycles. The number of amides is 3. The Morgan fingerprint density at radius 2 is 1.95 bits per heavy atom. The fraction of sp³-hybridized carbons (Fsp3) is 0.607. The fourth-order valence-corrected chi connectivity index (χ4v) is 6.83. The van der Waals surface area contributed by atoms with E-state index in [9.17, 15) is 23.1 Å². The number of carbonyl (C=O) groups is 2. The predicted molar refractivity (Wildman–Crippen MR) is 152 cm³/mol. The van der Waals surface area contributed by atoms with Gasteiger partial charge >= 0.3 is 6.03 Å². The van der Waals surface area contributed by atoms with Gasteiger partial charge in [-0.3, -0.25) is 9.52 Å². The molecule has 1 saturated carbocycles. The molecule has 1 aromatic heterocycles. The van der Waals surface area contributed by atoms with Crippen LogP contribution in [-0.2, 0) is 10.0 Å². The number of ether oxygens (including phenoxy) is 1. The topological polar surface area (TPSA) is 154 Å². The van der Waals surface area contributed by atoms with Crippen LogP contribution in [0.3, 0.4) is 0 Å². The van der Waals surface area contributed by atoms with Crippen LogP contribution in [0, 0.1) is 19.8 Å². The molecule has 3 N–H and O–H groups in total. The molecule has 0 unspecified atom stereocenters. The summed E-state index contributed by atoms with van der Waals surface area (Å²) in [6.07, 6.45) is 4.89. The monoisotopic (exact) mass is 591 g/mol. The lowest BCUT2D eigenvalue weighted by molar-refractivity contribution is 0.0366. The first kappa shape index (κ1) is 30.6. The number of aromatic nitrogens is 1. The number of aliphatic hydroxyl groups is 1. The van der Waals surface area contributed by atoms with E-state index < -0.39 is 28.1 Å². The highest BCUT2D eigenvalue weighted by atomic mass is 32.2. The number of nitrogens with one attached hydrogen (secondary N) is 2. The van der Waals surface area contributed by atoms with E-state index in [2.05, 4.69) is 15.2 Å². The molecular weight excluding hydrogens is 550 g/mol. The van der Waals surface area contributed by atoms with Gasteiger partial charge < -0.3 is 29.5 Å². The quantitative estimate of drug-likeness (QED) is 0.423. The van der Waals surface area contributed by atoms with Crippen molar-refractivity contribution in [3.63, 3.8) is 0 Å². The molecule has 4 rings (SSSR count). The Kier molecular flexibility index (Phi) is 9.48. The van der Waals surface area contributed by atoms with Gasteiger partial charge in [-0.15, -0.1) is 0 Å². The molecule has 13 heteroatoms. The summed E-state index contributed by atoms with van der Waals surface area (Å²) < 4.78 is 40.1. The summed E-state index contributed by atoms with van der Waals surface area (Å²) in [4.78, 5) is 29.8. The molecule has 0 radical (unpaired) electrons. The molecule has 2 heterocycles. The highest BCUT2D eigenvalue weighted by Gasteiger charge is 2.35. The van der Waals surface area contributed by atoms with Crippen LogP contribution in [-0.4, -0.2) is 85.4 Å².